The fourth-order valence-electron chi connectivity index (χ4n) is 4.89. The molecule has 4 aromatic rings. The first-order valence-electron chi connectivity index (χ1n) is 11.2. The van der Waals surface area contributed by atoms with Crippen molar-refractivity contribution >= 4 is 28.4 Å². The maximum Gasteiger partial charge on any atom is 0.230 e. The highest BCUT2D eigenvalue weighted by atomic mass is 19.1. The van der Waals surface area contributed by atoms with Gasteiger partial charge in [-0.2, -0.15) is 9.50 Å². The molecule has 1 aliphatic carbocycles. The van der Waals surface area contributed by atoms with Crippen LogP contribution in [0.15, 0.2) is 16.7 Å². The first kappa shape index (κ1) is 20.9. The van der Waals surface area contributed by atoms with Gasteiger partial charge in [-0.1, -0.05) is 5.16 Å². The summed E-state index contributed by atoms with van der Waals surface area (Å²) in [5, 5.41) is 8.50. The number of fused-ring (bicyclic) bond motifs is 3. The monoisotopic (exact) mass is 468 g/mol. The smallest absolute Gasteiger partial charge is 0.230 e. The van der Waals surface area contributed by atoms with Gasteiger partial charge < -0.3 is 15.2 Å². The Balaban J connectivity index is 1.29. The van der Waals surface area contributed by atoms with Gasteiger partial charge >= 0.3 is 0 Å². The predicted molar refractivity (Wildman–Crippen MR) is 116 cm³/mol. The molecule has 1 saturated heterocycles. The van der Waals surface area contributed by atoms with Crippen LogP contribution in [0, 0.1) is 24.5 Å². The number of amides is 1. The molecule has 6 rings (SSSR count). The van der Waals surface area contributed by atoms with Crippen molar-refractivity contribution in [2.75, 3.05) is 12.3 Å². The van der Waals surface area contributed by atoms with Crippen LogP contribution >= 0.6 is 0 Å². The van der Waals surface area contributed by atoms with Crippen LogP contribution in [0.25, 0.3) is 16.6 Å². The Labute approximate surface area is 192 Å². The number of hydrogen-bond acceptors (Lipinski definition) is 8. The molecule has 1 unspecified atom stereocenters. The average molecular weight is 468 g/mol. The fourth-order valence-corrected chi connectivity index (χ4v) is 4.89. The summed E-state index contributed by atoms with van der Waals surface area (Å²) in [5.41, 5.74) is 6.17. The van der Waals surface area contributed by atoms with E-state index in [1.54, 1.807) is 6.92 Å². The number of nitrogens with two attached hydrogens (primary N) is 1. The van der Waals surface area contributed by atoms with Crippen LogP contribution in [0.1, 0.15) is 55.6 Å². The zero-order valence-corrected chi connectivity index (χ0v) is 18.6. The van der Waals surface area contributed by atoms with Gasteiger partial charge in [0.1, 0.15) is 11.3 Å². The number of halogens is 2. The molecule has 12 heteroatoms. The molecule has 10 nitrogen and oxygen atoms in total. The summed E-state index contributed by atoms with van der Waals surface area (Å²) in [6.07, 6.45) is 2.24. The number of aryl methyl sites for hydroxylation is 1. The van der Waals surface area contributed by atoms with Gasteiger partial charge in [0, 0.05) is 24.6 Å². The fraction of sp³-hybridized carbons (Fsp3) is 0.455. The van der Waals surface area contributed by atoms with Gasteiger partial charge in [0.05, 0.1) is 17.2 Å². The zero-order valence-electron chi connectivity index (χ0n) is 18.6. The quantitative estimate of drug-likeness (QED) is 0.486. The number of nitrogens with zero attached hydrogens (tertiary/aromatic N) is 7. The summed E-state index contributed by atoms with van der Waals surface area (Å²) in [5.74, 6) is -0.370. The van der Waals surface area contributed by atoms with E-state index in [-0.39, 0.29) is 52.2 Å². The van der Waals surface area contributed by atoms with E-state index in [0.717, 1.165) is 18.9 Å². The highest BCUT2D eigenvalue weighted by Crippen LogP contribution is 2.48. The summed E-state index contributed by atoms with van der Waals surface area (Å²) in [6.45, 7) is 4.22. The van der Waals surface area contributed by atoms with Crippen molar-refractivity contribution in [3.05, 3.63) is 41.3 Å². The van der Waals surface area contributed by atoms with E-state index in [1.807, 2.05) is 11.8 Å². The number of hydrogen-bond donors (Lipinski definition) is 1. The molecule has 1 aromatic carbocycles. The Morgan fingerprint density at radius 1 is 1.21 bits per heavy atom. The summed E-state index contributed by atoms with van der Waals surface area (Å²) < 4.78 is 34.7. The van der Waals surface area contributed by atoms with Gasteiger partial charge in [0.2, 0.25) is 17.7 Å². The zero-order chi connectivity index (χ0) is 23.7. The van der Waals surface area contributed by atoms with Gasteiger partial charge in [-0.05, 0) is 39.2 Å². The Kier molecular flexibility index (Phi) is 4.55. The molecule has 1 saturated carbocycles. The second kappa shape index (κ2) is 7.40. The van der Waals surface area contributed by atoms with Crippen LogP contribution in [0.5, 0.6) is 0 Å². The summed E-state index contributed by atoms with van der Waals surface area (Å²) in [6, 6.07) is 2.00. The van der Waals surface area contributed by atoms with Gasteiger partial charge in [0.15, 0.2) is 23.1 Å². The molecule has 4 heterocycles. The molecule has 4 atom stereocenters. The highest BCUT2D eigenvalue weighted by Gasteiger charge is 2.50. The Bertz CT molecular complexity index is 1450. The molecule has 2 N–H and O–H groups in total. The average Bonchev–Trinajstić information content (AvgIpc) is 3.25. The van der Waals surface area contributed by atoms with Crippen LogP contribution in [0.4, 0.5) is 14.7 Å². The number of carbonyl (C=O) groups excluding carboxylic acids is 1. The van der Waals surface area contributed by atoms with Crippen LogP contribution in [-0.4, -0.2) is 53.1 Å². The molecule has 0 bridgehead atoms. The second-order valence-corrected chi connectivity index (χ2v) is 9.20. The lowest BCUT2D eigenvalue weighted by molar-refractivity contribution is -0.136. The molecule has 0 spiro atoms. The van der Waals surface area contributed by atoms with E-state index in [2.05, 4.69) is 25.2 Å². The molecule has 176 valence electrons. The van der Waals surface area contributed by atoms with Crippen molar-refractivity contribution < 1.29 is 18.1 Å². The molecule has 0 radical (unpaired) electrons. The van der Waals surface area contributed by atoms with Gasteiger partial charge in [-0.3, -0.25) is 4.79 Å². The SMILES string of the molecule is Cc1noc([C@H]2CC2C(=O)N2C[C@H](c3nc4c5cc(F)cc(F)c5nc(N)n4n3)CC[C@@H]2C)n1. The van der Waals surface area contributed by atoms with E-state index in [0.29, 0.717) is 30.5 Å². The number of likely N-dealkylation sites (tertiary alicyclic amines) is 1. The lowest BCUT2D eigenvalue weighted by Gasteiger charge is -2.37. The normalized spacial score (nSPS) is 24.8. The van der Waals surface area contributed by atoms with Crippen LogP contribution in [0.2, 0.25) is 0 Å². The van der Waals surface area contributed by atoms with Gasteiger partial charge in [0.25, 0.3) is 0 Å². The molecular weight excluding hydrogens is 446 g/mol. The lowest BCUT2D eigenvalue weighted by atomic mass is 9.92. The number of nitrogen functional groups attached to an aromatic ring is 1. The number of piperidine rings is 1. The van der Waals surface area contributed by atoms with E-state index >= 15 is 0 Å². The topological polar surface area (TPSA) is 128 Å². The Morgan fingerprint density at radius 2 is 2.03 bits per heavy atom. The van der Waals surface area contributed by atoms with Gasteiger partial charge in [-0.15, -0.1) is 5.10 Å². The third-order valence-corrected chi connectivity index (χ3v) is 6.83. The van der Waals surface area contributed by atoms with Crippen molar-refractivity contribution in [2.24, 2.45) is 5.92 Å². The molecule has 2 fully saturated rings. The van der Waals surface area contributed by atoms with Crippen molar-refractivity contribution in [3.63, 3.8) is 0 Å². The van der Waals surface area contributed by atoms with Gasteiger partial charge in [-0.25, -0.2) is 18.7 Å². The number of aromatic nitrogens is 6. The van der Waals surface area contributed by atoms with Crippen molar-refractivity contribution in [2.45, 2.75) is 51.0 Å². The summed E-state index contributed by atoms with van der Waals surface area (Å²) in [4.78, 5) is 28.0. The van der Waals surface area contributed by atoms with E-state index in [9.17, 15) is 13.6 Å². The number of carbonyl (C=O) groups is 1. The number of benzene rings is 1. The molecular formula is C22H22F2N8O2. The first-order chi connectivity index (χ1) is 16.3. The van der Waals surface area contributed by atoms with Crippen molar-refractivity contribution in [1.82, 2.24) is 34.6 Å². The molecule has 1 aliphatic heterocycles. The van der Waals surface area contributed by atoms with Crippen molar-refractivity contribution in [1.29, 1.82) is 0 Å². The minimum atomic E-state index is -0.813. The first-order valence-corrected chi connectivity index (χ1v) is 11.2. The lowest BCUT2D eigenvalue weighted by Crippen LogP contribution is -2.46. The van der Waals surface area contributed by atoms with E-state index in [1.165, 1.54) is 10.6 Å². The second-order valence-electron chi connectivity index (χ2n) is 9.20. The minimum absolute atomic E-state index is 0.0421. The maximum atomic E-state index is 14.3. The highest BCUT2D eigenvalue weighted by molar-refractivity contribution is 5.92. The standard InChI is InChI=1S/C22H22F2N8O2/c1-9-3-4-11(8-31(9)21(33)14-7-13(14)20-26-10(2)30-34-20)18-28-19-15-5-12(23)6-16(24)17(15)27-22(25)32(19)29-18/h5-6,9,11,13-14H,3-4,7-8H2,1-2H3,(H2,25,27)/t9-,11+,13-,14?/m0/s1. The van der Waals surface area contributed by atoms with Crippen LogP contribution in [-0.2, 0) is 4.79 Å². The number of rotatable bonds is 3. The molecule has 34 heavy (non-hydrogen) atoms. The van der Waals surface area contributed by atoms with Crippen LogP contribution in [0.3, 0.4) is 0 Å². The Morgan fingerprint density at radius 3 is 2.79 bits per heavy atom. The molecule has 2 aliphatic rings. The summed E-state index contributed by atoms with van der Waals surface area (Å²) in [7, 11) is 0. The third-order valence-electron chi connectivity index (χ3n) is 6.83. The number of anilines is 1. The largest absolute Gasteiger partial charge is 0.368 e. The van der Waals surface area contributed by atoms with Crippen molar-refractivity contribution in [3.8, 4) is 0 Å². The minimum Gasteiger partial charge on any atom is -0.368 e. The van der Waals surface area contributed by atoms with E-state index < -0.39 is 11.6 Å². The molecule has 3 aromatic heterocycles. The summed E-state index contributed by atoms with van der Waals surface area (Å²) >= 11 is 0. The molecule has 1 amide bonds. The maximum absolute atomic E-state index is 14.3. The van der Waals surface area contributed by atoms with E-state index in [4.69, 9.17) is 10.3 Å². The van der Waals surface area contributed by atoms with Crippen LogP contribution < -0.4 is 5.73 Å². The predicted octanol–water partition coefficient (Wildman–Crippen LogP) is 2.73. The Hall–Kier alpha value is -3.70. The third kappa shape index (κ3) is 3.27.